The first-order valence-electron chi connectivity index (χ1n) is 4.83. The highest BCUT2D eigenvalue weighted by Gasteiger charge is 2.10. The molecule has 3 N–H and O–H groups in total. The van der Waals surface area contributed by atoms with Gasteiger partial charge in [-0.2, -0.15) is 0 Å². The topological polar surface area (TPSA) is 132 Å². The lowest BCUT2D eigenvalue weighted by molar-refractivity contribution is -0.384. The van der Waals surface area contributed by atoms with Crippen molar-refractivity contribution in [3.05, 3.63) is 39.9 Å². The second-order valence-electron chi connectivity index (χ2n) is 3.43. The molecule has 1 rings (SSSR count). The van der Waals surface area contributed by atoms with Crippen LogP contribution in [0.5, 0.6) is 0 Å². The van der Waals surface area contributed by atoms with Gasteiger partial charge in [0.15, 0.2) is 0 Å². The molecule has 0 saturated carbocycles. The van der Waals surface area contributed by atoms with Crippen LogP contribution >= 0.6 is 0 Å². The van der Waals surface area contributed by atoms with Crippen LogP contribution in [0.2, 0.25) is 0 Å². The van der Waals surface area contributed by atoms with E-state index in [1.807, 2.05) is 0 Å². The first-order chi connectivity index (χ1) is 8.29. The van der Waals surface area contributed by atoms with Gasteiger partial charge in [-0.15, -0.1) is 0 Å². The van der Waals surface area contributed by atoms with Crippen LogP contribution in [-0.4, -0.2) is 31.5 Å². The number of carbonyl (C=O) groups is 1. The number of primary sulfonamides is 1. The Hall–Kier alpha value is -2.00. The van der Waals surface area contributed by atoms with E-state index in [1.54, 1.807) is 0 Å². The molecule has 98 valence electrons. The second-order valence-corrected chi connectivity index (χ2v) is 5.16. The molecule has 0 aliphatic rings. The SMILES string of the molecule is NS(=O)(=O)CCNC(=O)c1ccc([N+](=O)[O-])cc1. The Morgan fingerprint density at radius 2 is 1.89 bits per heavy atom. The van der Waals surface area contributed by atoms with Gasteiger partial charge in [0.25, 0.3) is 11.6 Å². The summed E-state index contributed by atoms with van der Waals surface area (Å²) in [5, 5.41) is 17.5. The standard InChI is InChI=1S/C9H11N3O5S/c10-18(16,17)6-5-11-9(13)7-1-3-8(4-2-7)12(14)15/h1-4H,5-6H2,(H,11,13)(H2,10,16,17). The molecule has 1 amide bonds. The minimum Gasteiger partial charge on any atom is -0.351 e. The molecular formula is C9H11N3O5S. The van der Waals surface area contributed by atoms with Gasteiger partial charge in [0, 0.05) is 24.2 Å². The van der Waals surface area contributed by atoms with Crippen molar-refractivity contribution in [2.75, 3.05) is 12.3 Å². The number of non-ortho nitro benzene ring substituents is 1. The summed E-state index contributed by atoms with van der Waals surface area (Å²) < 4.78 is 21.2. The van der Waals surface area contributed by atoms with E-state index in [1.165, 1.54) is 24.3 Å². The number of hydrogen-bond acceptors (Lipinski definition) is 5. The number of sulfonamides is 1. The summed E-state index contributed by atoms with van der Waals surface area (Å²) in [4.78, 5) is 21.3. The van der Waals surface area contributed by atoms with E-state index in [9.17, 15) is 23.3 Å². The maximum absolute atomic E-state index is 11.5. The number of benzene rings is 1. The zero-order chi connectivity index (χ0) is 13.8. The zero-order valence-electron chi connectivity index (χ0n) is 9.20. The van der Waals surface area contributed by atoms with Crippen molar-refractivity contribution in [2.24, 2.45) is 5.14 Å². The Kier molecular flexibility index (Phi) is 4.34. The average Bonchev–Trinajstić information content (AvgIpc) is 2.27. The van der Waals surface area contributed by atoms with Crippen LogP contribution in [0, 0.1) is 10.1 Å². The smallest absolute Gasteiger partial charge is 0.269 e. The highest BCUT2D eigenvalue weighted by Crippen LogP contribution is 2.11. The lowest BCUT2D eigenvalue weighted by atomic mass is 10.2. The molecule has 0 saturated heterocycles. The number of nitro groups is 1. The summed E-state index contributed by atoms with van der Waals surface area (Å²) in [6, 6.07) is 4.94. The number of nitrogens with zero attached hydrogens (tertiary/aromatic N) is 1. The summed E-state index contributed by atoms with van der Waals surface area (Å²) >= 11 is 0. The van der Waals surface area contributed by atoms with Crippen LogP contribution in [0.15, 0.2) is 24.3 Å². The van der Waals surface area contributed by atoms with Crippen molar-refractivity contribution in [3.8, 4) is 0 Å². The molecule has 0 aromatic heterocycles. The minimum absolute atomic E-state index is 0.116. The van der Waals surface area contributed by atoms with E-state index in [2.05, 4.69) is 5.32 Å². The molecule has 0 heterocycles. The maximum Gasteiger partial charge on any atom is 0.269 e. The molecule has 1 aromatic rings. The van der Waals surface area contributed by atoms with Crippen molar-refractivity contribution in [1.82, 2.24) is 5.32 Å². The predicted octanol–water partition coefficient (Wildman–Crippen LogP) is -0.387. The molecule has 0 radical (unpaired) electrons. The van der Waals surface area contributed by atoms with E-state index in [-0.39, 0.29) is 23.5 Å². The zero-order valence-corrected chi connectivity index (χ0v) is 10.0. The van der Waals surface area contributed by atoms with Crippen LogP contribution in [0.25, 0.3) is 0 Å². The van der Waals surface area contributed by atoms with Gasteiger partial charge in [0.1, 0.15) is 0 Å². The minimum atomic E-state index is -3.62. The predicted molar refractivity (Wildman–Crippen MR) is 63.4 cm³/mol. The number of nitrogens with two attached hydrogens (primary N) is 1. The third-order valence-corrected chi connectivity index (χ3v) is 2.79. The Morgan fingerprint density at radius 1 is 1.33 bits per heavy atom. The monoisotopic (exact) mass is 273 g/mol. The number of amides is 1. The number of hydrogen-bond donors (Lipinski definition) is 2. The molecule has 0 bridgehead atoms. The van der Waals surface area contributed by atoms with Gasteiger partial charge >= 0.3 is 0 Å². The normalized spacial score (nSPS) is 10.9. The fraction of sp³-hybridized carbons (Fsp3) is 0.222. The highest BCUT2D eigenvalue weighted by molar-refractivity contribution is 7.89. The van der Waals surface area contributed by atoms with E-state index in [4.69, 9.17) is 5.14 Å². The van der Waals surface area contributed by atoms with Gasteiger partial charge in [-0.25, -0.2) is 13.6 Å². The summed E-state index contributed by atoms with van der Waals surface area (Å²) in [6.45, 7) is -0.116. The molecule has 0 fully saturated rings. The molecule has 0 aliphatic carbocycles. The lowest BCUT2D eigenvalue weighted by Gasteiger charge is -2.03. The highest BCUT2D eigenvalue weighted by atomic mass is 32.2. The van der Waals surface area contributed by atoms with E-state index in [0.717, 1.165) is 0 Å². The first-order valence-corrected chi connectivity index (χ1v) is 6.54. The van der Waals surface area contributed by atoms with Gasteiger partial charge in [0.05, 0.1) is 10.7 Å². The Labute approximate surface area is 103 Å². The third kappa shape index (κ3) is 4.47. The summed E-state index contributed by atoms with van der Waals surface area (Å²) in [5.74, 6) is -0.889. The van der Waals surface area contributed by atoms with Crippen LogP contribution in [0.4, 0.5) is 5.69 Å². The molecular weight excluding hydrogens is 262 g/mol. The average molecular weight is 273 g/mol. The fourth-order valence-corrected chi connectivity index (χ4v) is 1.53. The Morgan fingerprint density at radius 3 is 2.33 bits per heavy atom. The Balaban J connectivity index is 2.59. The van der Waals surface area contributed by atoms with Crippen LogP contribution < -0.4 is 10.5 Å². The van der Waals surface area contributed by atoms with Crippen LogP contribution in [-0.2, 0) is 10.0 Å². The second kappa shape index (κ2) is 5.56. The molecule has 0 unspecified atom stereocenters. The van der Waals surface area contributed by atoms with Crippen molar-refractivity contribution in [2.45, 2.75) is 0 Å². The van der Waals surface area contributed by atoms with Crippen LogP contribution in [0.3, 0.4) is 0 Å². The van der Waals surface area contributed by atoms with Crippen molar-refractivity contribution in [1.29, 1.82) is 0 Å². The van der Waals surface area contributed by atoms with E-state index < -0.39 is 20.9 Å². The van der Waals surface area contributed by atoms with Gasteiger partial charge < -0.3 is 5.32 Å². The number of carbonyl (C=O) groups excluding carboxylic acids is 1. The first kappa shape index (κ1) is 14.1. The Bertz CT molecular complexity index is 552. The van der Waals surface area contributed by atoms with E-state index in [0.29, 0.717) is 0 Å². The van der Waals surface area contributed by atoms with Gasteiger partial charge in [-0.05, 0) is 12.1 Å². The quantitative estimate of drug-likeness (QED) is 0.557. The van der Waals surface area contributed by atoms with E-state index >= 15 is 0 Å². The molecule has 9 heteroatoms. The maximum atomic E-state index is 11.5. The third-order valence-electron chi connectivity index (χ3n) is 2.01. The summed E-state index contributed by atoms with van der Waals surface area (Å²) in [6.07, 6.45) is 0. The molecule has 1 aromatic carbocycles. The van der Waals surface area contributed by atoms with Gasteiger partial charge in [0.2, 0.25) is 10.0 Å². The van der Waals surface area contributed by atoms with Gasteiger partial charge in [-0.1, -0.05) is 0 Å². The number of nitro benzene ring substituents is 1. The molecule has 0 aliphatic heterocycles. The lowest BCUT2D eigenvalue weighted by Crippen LogP contribution is -2.31. The van der Waals surface area contributed by atoms with Crippen molar-refractivity contribution < 1.29 is 18.1 Å². The number of nitrogens with one attached hydrogen (secondary N) is 1. The van der Waals surface area contributed by atoms with Crippen molar-refractivity contribution >= 4 is 21.6 Å². The fourth-order valence-electron chi connectivity index (χ4n) is 1.14. The van der Waals surface area contributed by atoms with Gasteiger partial charge in [-0.3, -0.25) is 14.9 Å². The largest absolute Gasteiger partial charge is 0.351 e. The molecule has 0 atom stereocenters. The molecule has 8 nitrogen and oxygen atoms in total. The molecule has 18 heavy (non-hydrogen) atoms. The van der Waals surface area contributed by atoms with Crippen LogP contribution in [0.1, 0.15) is 10.4 Å². The van der Waals surface area contributed by atoms with Crippen molar-refractivity contribution in [3.63, 3.8) is 0 Å². The summed E-state index contributed by atoms with van der Waals surface area (Å²) in [7, 11) is -3.62. The molecule has 0 spiro atoms. The number of rotatable bonds is 5. The summed E-state index contributed by atoms with van der Waals surface area (Å²) in [5.41, 5.74) is 0.0751.